The number of nitrogens with one attached hydrogen (secondary N) is 3. The van der Waals surface area contributed by atoms with Gasteiger partial charge >= 0.3 is 0 Å². The number of ketones is 1. The van der Waals surface area contributed by atoms with Gasteiger partial charge in [-0.2, -0.15) is 0 Å². The molecule has 3 rings (SSSR count). The van der Waals surface area contributed by atoms with E-state index in [4.69, 9.17) is 14.2 Å². The molecule has 12 N–H and O–H groups in total. The van der Waals surface area contributed by atoms with Crippen LogP contribution in [0.15, 0.2) is 0 Å². The van der Waals surface area contributed by atoms with Crippen molar-refractivity contribution in [2.45, 2.75) is 165 Å². The summed E-state index contributed by atoms with van der Waals surface area (Å²) in [6, 6.07) is -0.0941. The summed E-state index contributed by atoms with van der Waals surface area (Å²) < 4.78 is 17.7. The Morgan fingerprint density at radius 2 is 0.915 bits per heavy atom. The third kappa shape index (κ3) is 14.9. The number of rotatable bonds is 24. The number of hydrogen-bond acceptors (Lipinski definition) is 16. The lowest BCUT2D eigenvalue weighted by molar-refractivity contribution is -0.148. The van der Waals surface area contributed by atoms with E-state index in [0.29, 0.717) is 25.7 Å². The van der Waals surface area contributed by atoms with E-state index in [1.807, 2.05) is 13.8 Å². The maximum Gasteiger partial charge on any atom is 0.221 e. The number of ether oxygens (including phenoxy) is 3. The van der Waals surface area contributed by atoms with Crippen LogP contribution in [0.25, 0.3) is 0 Å². The molecule has 2 amide bonds. The summed E-state index contributed by atoms with van der Waals surface area (Å²) >= 11 is 0. The summed E-state index contributed by atoms with van der Waals surface area (Å²) in [5, 5.41) is 99.9. The van der Waals surface area contributed by atoms with Crippen LogP contribution in [0.3, 0.4) is 0 Å². The molecule has 0 heterocycles. The van der Waals surface area contributed by atoms with Crippen molar-refractivity contribution in [2.24, 2.45) is 35.5 Å². The van der Waals surface area contributed by atoms with Crippen LogP contribution < -0.4 is 16.0 Å². The van der Waals surface area contributed by atoms with Crippen LogP contribution in [-0.4, -0.2) is 170 Å². The Kier molecular flexibility index (Phi) is 21.5. The minimum Gasteiger partial charge on any atom is -0.396 e. The summed E-state index contributed by atoms with van der Waals surface area (Å²) in [5.74, 6) is -3.71. The predicted octanol–water partition coefficient (Wildman–Crippen LogP) is -1.56. The zero-order chi connectivity index (χ0) is 44.0. The summed E-state index contributed by atoms with van der Waals surface area (Å²) in [5.41, 5.74) is -0.841. The van der Waals surface area contributed by atoms with Crippen LogP contribution in [-0.2, 0) is 28.6 Å². The van der Waals surface area contributed by atoms with Gasteiger partial charge in [0.15, 0.2) is 0 Å². The van der Waals surface area contributed by atoms with Crippen LogP contribution in [0.2, 0.25) is 0 Å². The molecule has 0 spiro atoms. The van der Waals surface area contributed by atoms with Crippen molar-refractivity contribution < 1.29 is 74.6 Å². The van der Waals surface area contributed by atoms with Gasteiger partial charge in [-0.05, 0) is 38.5 Å². The zero-order valence-corrected chi connectivity index (χ0v) is 35.5. The molecule has 0 aromatic rings. The lowest BCUT2D eigenvalue weighted by atomic mass is 9.76. The van der Waals surface area contributed by atoms with Gasteiger partial charge in [0.2, 0.25) is 11.8 Å². The van der Waals surface area contributed by atoms with E-state index in [0.717, 1.165) is 0 Å². The van der Waals surface area contributed by atoms with Crippen molar-refractivity contribution >= 4 is 17.6 Å². The second-order valence-electron chi connectivity index (χ2n) is 17.7. The van der Waals surface area contributed by atoms with Gasteiger partial charge in [-0.25, -0.2) is 0 Å². The summed E-state index contributed by atoms with van der Waals surface area (Å²) in [7, 11) is 0. The van der Waals surface area contributed by atoms with Crippen molar-refractivity contribution in [3.8, 4) is 0 Å². The molecule has 15 atom stereocenters. The maximum atomic E-state index is 13.3. The largest absolute Gasteiger partial charge is 0.396 e. The number of Topliss-reactive ketones (excluding diaryl/α,β-unsaturated/α-hetero) is 1. The van der Waals surface area contributed by atoms with E-state index < -0.39 is 96.0 Å². The maximum absolute atomic E-state index is 13.3. The lowest BCUT2D eigenvalue weighted by Gasteiger charge is -2.40. The average Bonchev–Trinajstić information content (AvgIpc) is 3.21. The molecule has 0 saturated heterocycles. The quantitative estimate of drug-likeness (QED) is 0.0489. The fraction of sp³-hybridized carbons (Fsp3) is 0.927. The van der Waals surface area contributed by atoms with Crippen molar-refractivity contribution in [1.29, 1.82) is 0 Å². The summed E-state index contributed by atoms with van der Waals surface area (Å²) in [6.45, 7) is 7.88. The van der Waals surface area contributed by atoms with Gasteiger partial charge in [-0.3, -0.25) is 14.4 Å². The molecule has 0 aromatic carbocycles. The Bertz CT molecular complexity index is 1130. The lowest BCUT2D eigenvalue weighted by Crippen LogP contribution is -2.52. The molecule has 3 aliphatic carbocycles. The first-order valence-corrected chi connectivity index (χ1v) is 21.5. The van der Waals surface area contributed by atoms with Gasteiger partial charge in [-0.15, -0.1) is 0 Å². The summed E-state index contributed by atoms with van der Waals surface area (Å²) in [4.78, 5) is 39.7. The van der Waals surface area contributed by atoms with Gasteiger partial charge in [-0.1, -0.05) is 34.6 Å². The Hall–Kier alpha value is -1.91. The first kappa shape index (κ1) is 51.4. The van der Waals surface area contributed by atoms with E-state index in [9.17, 15) is 60.3 Å². The molecule has 18 heteroatoms. The van der Waals surface area contributed by atoms with E-state index in [1.54, 1.807) is 20.8 Å². The molecule has 0 aliphatic heterocycles. The molecule has 0 aromatic heterocycles. The van der Waals surface area contributed by atoms with Crippen LogP contribution in [0.5, 0.6) is 0 Å². The fourth-order valence-corrected chi connectivity index (χ4v) is 8.97. The Balaban J connectivity index is 1.62. The highest BCUT2D eigenvalue weighted by Crippen LogP contribution is 2.34. The zero-order valence-electron chi connectivity index (χ0n) is 35.5. The van der Waals surface area contributed by atoms with Gasteiger partial charge in [0.1, 0.15) is 19.2 Å². The Morgan fingerprint density at radius 1 is 0.559 bits per heavy atom. The molecule has 3 fully saturated rings. The first-order valence-electron chi connectivity index (χ1n) is 21.5. The minimum absolute atomic E-state index is 0.0193. The fourth-order valence-electron chi connectivity index (χ4n) is 8.97. The second-order valence-corrected chi connectivity index (χ2v) is 17.7. The molecule has 18 nitrogen and oxygen atoms in total. The van der Waals surface area contributed by atoms with Crippen LogP contribution in [0.1, 0.15) is 98.8 Å². The minimum atomic E-state index is -1.09. The van der Waals surface area contributed by atoms with E-state index in [1.165, 1.54) is 0 Å². The first-order chi connectivity index (χ1) is 27.9. The highest BCUT2D eigenvalue weighted by molar-refractivity contribution is 5.79. The highest BCUT2D eigenvalue weighted by atomic mass is 16.5. The second kappa shape index (κ2) is 24.7. The molecular formula is C41H75N3O15. The number of carbonyl (C=O) groups is 3. The predicted molar refractivity (Wildman–Crippen MR) is 213 cm³/mol. The highest BCUT2D eigenvalue weighted by Gasteiger charge is 2.44. The Labute approximate surface area is 348 Å². The summed E-state index contributed by atoms with van der Waals surface area (Å²) in [6.07, 6.45) is -5.93. The molecule has 59 heavy (non-hydrogen) atoms. The standard InChI is InChI=1S/C41H75N3O15/c1-22(2)44-41(10-6-29(48)9-13-57-30-14-26(17-45)38(54)35(51)23(30)3,11-7-33(49)42-20-58-31-15-27(18-46)39(55)36(52)24(31)4)12-8-34(50)43-21-59-32-16-28(19-47)40(56)37(53)25(32)5/h22-28,30-32,35-40,44-47,51-56H,6-21H2,1-5H3,(H,42,49)(H,43,50)/t23?,24?,25?,26?,27?,28?,30-,31-,32-,35-,36-,37-,38+,39+,40+,41?/m1/s1. The molecule has 0 bridgehead atoms. The van der Waals surface area contributed by atoms with Crippen molar-refractivity contribution in [2.75, 3.05) is 39.9 Å². The van der Waals surface area contributed by atoms with Crippen LogP contribution in [0.4, 0.5) is 0 Å². The number of amides is 2. The monoisotopic (exact) mass is 850 g/mol. The average molecular weight is 850 g/mol. The normalized spacial score (nSPS) is 36.2. The molecular weight excluding hydrogens is 774 g/mol. The number of aliphatic hydroxyl groups is 9. The number of aliphatic hydroxyl groups excluding tert-OH is 9. The Morgan fingerprint density at radius 3 is 1.27 bits per heavy atom. The van der Waals surface area contributed by atoms with Gasteiger partial charge in [0.05, 0.1) is 61.5 Å². The van der Waals surface area contributed by atoms with Gasteiger partial charge in [0, 0.05) is 92.6 Å². The van der Waals surface area contributed by atoms with E-state index >= 15 is 0 Å². The topological polar surface area (TPSA) is 297 Å². The van der Waals surface area contributed by atoms with E-state index in [2.05, 4.69) is 16.0 Å². The van der Waals surface area contributed by atoms with E-state index in [-0.39, 0.29) is 102 Å². The van der Waals surface area contributed by atoms with Gasteiger partial charge < -0.3 is 76.1 Å². The SMILES string of the molecule is CC(C)NC(CCC(=O)CCO[C@@H]1CC(CO)[C@H](O)[C@H](O)C1C)(CCC(=O)NCO[C@@H]1CC(CO)[C@H](O)[C@H](O)C1C)CCC(=O)NCO[C@@H]1CC(CO)[C@H](O)[C@H](O)C1C. The number of hydrogen-bond donors (Lipinski definition) is 12. The molecule has 0 radical (unpaired) electrons. The van der Waals surface area contributed by atoms with Crippen molar-refractivity contribution in [3.05, 3.63) is 0 Å². The van der Waals surface area contributed by atoms with Crippen LogP contribution >= 0.6 is 0 Å². The number of carbonyl (C=O) groups excluding carboxylic acids is 3. The molecule has 6 unspecified atom stereocenters. The van der Waals surface area contributed by atoms with Crippen molar-refractivity contribution in [3.63, 3.8) is 0 Å². The van der Waals surface area contributed by atoms with Crippen LogP contribution in [0, 0.1) is 35.5 Å². The molecule has 3 aliphatic rings. The van der Waals surface area contributed by atoms with Crippen molar-refractivity contribution in [1.82, 2.24) is 16.0 Å². The third-order valence-electron chi connectivity index (χ3n) is 13.2. The third-order valence-corrected chi connectivity index (χ3v) is 13.2. The molecule has 344 valence electrons. The van der Waals surface area contributed by atoms with Gasteiger partial charge in [0.25, 0.3) is 0 Å². The smallest absolute Gasteiger partial charge is 0.221 e. The molecule has 3 saturated carbocycles.